The topological polar surface area (TPSA) is 557 Å². The molecule has 37 heteroatoms. The number of nitrogens with zero attached hydrogens (tertiary/aromatic N) is 1. The highest BCUT2D eigenvalue weighted by atomic mass is 79.9. The van der Waals surface area contributed by atoms with Gasteiger partial charge in [-0.15, -0.1) is 0 Å². The highest BCUT2D eigenvalue weighted by Gasteiger charge is 2.59. The highest BCUT2D eigenvalue weighted by Crippen LogP contribution is 2.39. The Hall–Kier alpha value is -0.960. The first-order valence-electron chi connectivity index (χ1n) is 30.9. The fourth-order valence-corrected chi connectivity index (χ4v) is 13.3. The van der Waals surface area contributed by atoms with Gasteiger partial charge in [-0.25, -0.2) is 0 Å². The summed E-state index contributed by atoms with van der Waals surface area (Å²) in [6.45, 7) is 3.81. The van der Waals surface area contributed by atoms with Crippen LogP contribution in [0.3, 0.4) is 0 Å². The molecule has 22 saturated heterocycles. The lowest BCUT2D eigenvalue weighted by molar-refractivity contribution is -0.396. The maximum atomic E-state index is 11.3. The fourth-order valence-electron chi connectivity index (χ4n) is 12.9. The van der Waals surface area contributed by atoms with Crippen LogP contribution in [0.1, 0.15) is 46.5 Å². The summed E-state index contributed by atoms with van der Waals surface area (Å²) < 4.78 is 79.5. The van der Waals surface area contributed by atoms with Crippen LogP contribution in [-0.2, 0) is 66.3 Å². The minimum Gasteiger partial charge on any atom is -0.394 e. The third-order valence-corrected chi connectivity index (χ3v) is 18.7. The van der Waals surface area contributed by atoms with Gasteiger partial charge in [0, 0.05) is 18.4 Å². The van der Waals surface area contributed by atoms with Crippen molar-refractivity contribution in [3.05, 3.63) is 0 Å². The van der Waals surface area contributed by atoms with Gasteiger partial charge in [-0.1, -0.05) is 36.7 Å². The zero-order chi connectivity index (χ0) is 67.4. The number of rotatable bonds is 11. The number of unbranched alkanes of at least 4 members (excludes halogenated alkanes) is 1. The summed E-state index contributed by atoms with van der Waals surface area (Å²) in [6.07, 6.45) is -64.8. The minimum absolute atomic E-state index is 0.527. The predicted molar refractivity (Wildman–Crippen MR) is 300 cm³/mol. The molecule has 36 nitrogen and oxygen atoms in total. The number of ether oxygens (including phenoxy) is 14. The van der Waals surface area contributed by atoms with Crippen molar-refractivity contribution < 1.29 is 174 Å². The molecule has 14 bridgehead atoms. The molecule has 0 aromatic carbocycles. The van der Waals surface area contributed by atoms with E-state index in [1.54, 1.807) is 0 Å². The second-order valence-electron chi connectivity index (χ2n) is 25.6. The number of aliphatic hydroxyl groups excluding tert-OH is 21. The molecule has 22 aliphatic heterocycles. The first-order chi connectivity index (χ1) is 43.7. The monoisotopic (exact) mass is 1410 g/mol. The van der Waals surface area contributed by atoms with E-state index >= 15 is 0 Å². The molecule has 0 radical (unpaired) electrons. The van der Waals surface area contributed by atoms with Crippen molar-refractivity contribution in [2.75, 3.05) is 71.2 Å². The van der Waals surface area contributed by atoms with Crippen LogP contribution in [0.15, 0.2) is 0 Å². The molecule has 0 aromatic heterocycles. The minimum atomic E-state index is -2.21. The van der Waals surface area contributed by atoms with Gasteiger partial charge in [0.05, 0.1) is 46.2 Å². The highest BCUT2D eigenvalue weighted by molar-refractivity contribution is 9.09. The van der Waals surface area contributed by atoms with E-state index in [4.69, 9.17) is 66.3 Å². The molecule has 21 N–H and O–H groups in total. The molecule has 22 rings (SSSR count). The van der Waals surface area contributed by atoms with Gasteiger partial charge in [0.15, 0.2) is 44.0 Å². The van der Waals surface area contributed by atoms with Crippen LogP contribution < -0.4 is 0 Å². The lowest BCUT2D eigenvalue weighted by atomic mass is 9.87. The zero-order valence-electron chi connectivity index (χ0n) is 50.8. The molecule has 22 heterocycles. The molecule has 0 amide bonds. The molecular weight excluding hydrogens is 1310 g/mol. The van der Waals surface area contributed by atoms with Crippen LogP contribution in [0, 0.1) is 11.3 Å². The molecule has 36 atom stereocenters. The van der Waals surface area contributed by atoms with Crippen LogP contribution in [0.4, 0.5) is 0 Å². The van der Waals surface area contributed by atoms with Crippen molar-refractivity contribution >= 4 is 15.9 Å². The molecule has 0 spiro atoms. The number of hydrogen-bond acceptors (Lipinski definition) is 36. The van der Waals surface area contributed by atoms with Gasteiger partial charge in [-0.2, -0.15) is 0 Å². The molecular formula is C55H96BrNO35. The summed E-state index contributed by atoms with van der Waals surface area (Å²) in [4.78, 5) is 2.68. The van der Waals surface area contributed by atoms with E-state index in [-0.39, 0.29) is 0 Å². The van der Waals surface area contributed by atoms with Gasteiger partial charge in [0.1, 0.15) is 171 Å². The molecule has 1 unspecified atom stereocenters. The number of aliphatic hydroxyl groups is 21. The first-order valence-corrected chi connectivity index (χ1v) is 32.1. The molecule has 22 aliphatic rings. The summed E-state index contributed by atoms with van der Waals surface area (Å²) in [5.41, 5.74) is 0.527. The largest absolute Gasteiger partial charge is 0.394 e. The van der Waals surface area contributed by atoms with E-state index in [2.05, 4.69) is 41.6 Å². The number of halogens is 1. The Morgan fingerprint density at radius 3 is 0.717 bits per heavy atom. The fraction of sp³-hybridized carbons (Fsp3) is 1.00. The average Bonchev–Trinajstić information content (AvgIpc) is 1.06. The van der Waals surface area contributed by atoms with Gasteiger partial charge in [-0.3, -0.25) is 0 Å². The van der Waals surface area contributed by atoms with Gasteiger partial charge >= 0.3 is 0 Å². The molecule has 0 aliphatic carbocycles. The van der Waals surface area contributed by atoms with Crippen LogP contribution in [-0.4, -0.2) is 398 Å². The summed E-state index contributed by atoms with van der Waals surface area (Å²) in [7, 11) is 0. The van der Waals surface area contributed by atoms with E-state index in [0.717, 1.165) is 11.2 Å². The Kier molecular flexibility index (Phi) is 28.3. The van der Waals surface area contributed by atoms with Crippen molar-refractivity contribution in [3.8, 4) is 0 Å². The second-order valence-corrected chi connectivity index (χ2v) is 26.4. The Morgan fingerprint density at radius 1 is 0.326 bits per heavy atom. The average molecular weight is 1410 g/mol. The number of hydrogen-bond donors (Lipinski definition) is 21. The SMILES string of the molecule is CC1CCC(C)(C)CN(CCCCBr)C1.OC[C@@H]1O[C@H]2O[C@@H]3[C@@H](O)[C@H](O)[C@H](O[C@@H]4[C@@H](O)[C@H](O)[C@H](O[C@@H]5[C@@H](O)[C@@H](O)[C@H](O[C@@H]6[C@@H](O)[C@H](O)[C@H](O[C@@H]7[C@@H](O)[C@H](O)[C@H](O[C@@H]8[C@@H](O)[C@H](O)[C@H](O[C@@H]1[C@@H](O)[C@@H]2O)O[C@H]8CO)O[C@H]7CO)O[C@H]6CO)O[C@H]5CO)O[C@H]4CO)O[C@H]3CO. The van der Waals surface area contributed by atoms with Gasteiger partial charge in [0.2, 0.25) is 0 Å². The van der Waals surface area contributed by atoms with E-state index in [0.29, 0.717) is 5.41 Å². The van der Waals surface area contributed by atoms with E-state index < -0.39 is 261 Å². The molecule has 22 fully saturated rings. The van der Waals surface area contributed by atoms with Crippen molar-refractivity contribution in [1.82, 2.24) is 4.90 Å². The van der Waals surface area contributed by atoms with Crippen LogP contribution in [0.2, 0.25) is 0 Å². The lowest BCUT2D eigenvalue weighted by Gasteiger charge is -2.50. The summed E-state index contributed by atoms with van der Waals surface area (Å²) in [5.74, 6) is 0.885. The second kappa shape index (κ2) is 33.9. The smallest absolute Gasteiger partial charge is 0.187 e. The van der Waals surface area contributed by atoms with Gasteiger partial charge in [0.25, 0.3) is 0 Å². The van der Waals surface area contributed by atoms with Crippen molar-refractivity contribution in [1.29, 1.82) is 0 Å². The Labute approximate surface area is 536 Å². The van der Waals surface area contributed by atoms with Crippen LogP contribution >= 0.6 is 15.9 Å². The third-order valence-electron chi connectivity index (χ3n) is 18.2. The van der Waals surface area contributed by atoms with E-state index in [1.807, 2.05) is 0 Å². The molecule has 538 valence electrons. The summed E-state index contributed by atoms with van der Waals surface area (Å²) in [5, 5.41) is 231. The normalized spacial score (nSPS) is 50.8. The van der Waals surface area contributed by atoms with Gasteiger partial charge in [-0.05, 0) is 43.6 Å². The predicted octanol–water partition coefficient (Wildman–Crippen LogP) is -11.3. The Bertz CT molecular complexity index is 1830. The molecule has 92 heavy (non-hydrogen) atoms. The molecule has 0 aromatic rings. The molecule has 0 saturated carbocycles. The number of likely N-dealkylation sites (tertiary alicyclic amines) is 1. The Balaban J connectivity index is 0.000000637. The van der Waals surface area contributed by atoms with E-state index in [9.17, 15) is 107 Å². The van der Waals surface area contributed by atoms with Crippen molar-refractivity contribution in [2.45, 2.75) is 261 Å². The van der Waals surface area contributed by atoms with Crippen molar-refractivity contribution in [2.24, 2.45) is 11.3 Å². The van der Waals surface area contributed by atoms with Gasteiger partial charge < -0.3 is 178 Å². The maximum Gasteiger partial charge on any atom is 0.187 e. The van der Waals surface area contributed by atoms with Crippen LogP contribution in [0.25, 0.3) is 0 Å². The first kappa shape index (κ1) is 76.8. The maximum absolute atomic E-state index is 11.3. The lowest BCUT2D eigenvalue weighted by Crippen LogP contribution is -2.68. The van der Waals surface area contributed by atoms with Crippen LogP contribution in [0.5, 0.6) is 0 Å². The Morgan fingerprint density at radius 2 is 0.533 bits per heavy atom. The van der Waals surface area contributed by atoms with E-state index in [1.165, 1.54) is 45.3 Å². The summed E-state index contributed by atoms with van der Waals surface area (Å²) in [6, 6.07) is 0. The number of alkyl halides is 1. The quantitative estimate of drug-likeness (QED) is 0.0675. The standard InChI is InChI=1S/C42H70O35.C13H26BrN/c43-1-8-29-15(50)22(57)36(64-8)72-30-9(2-44)66-38(24(59)17(30)52)74-32-11(4-46)68-40(26(61)19(32)54)76-34-13(6-48)70-42(28(63)21(34)56)77-35-14(7-49)69-41(27(62)20(35)55)75-33-12(5-47)67-39(25(60)18(33)53)73-31-10(3-45)65-37(71-29)23(58)16(31)51;1-12-6-7-13(2,3)11-15(10-12)9-5-4-8-14/h8-63H,1-7H2;12H,4-11H2,1-3H3/t8-,9-,10-,11-,12-,13-,14-,15-,16-,17-,18-,19-,20-,21-,22-,23-,24-,25-,26-,27-,28+,29-,30-,31-,32-,33-,34-,35-,36-,37-,38-,39-,40-,41-,42-;/m0./s1. The third kappa shape index (κ3) is 17.1. The summed E-state index contributed by atoms with van der Waals surface area (Å²) >= 11 is 3.51. The van der Waals surface area contributed by atoms with Crippen molar-refractivity contribution in [3.63, 3.8) is 0 Å². The zero-order valence-corrected chi connectivity index (χ0v) is 52.4.